The smallest absolute Gasteiger partial charge is 0.216 e. The van der Waals surface area contributed by atoms with Crippen LogP contribution in [0.1, 0.15) is 18.4 Å². The summed E-state index contributed by atoms with van der Waals surface area (Å²) in [6.07, 6.45) is 0.278. The van der Waals surface area contributed by atoms with Crippen LogP contribution >= 0.6 is 0 Å². The molecule has 3 N–H and O–H groups in total. The third-order valence-electron chi connectivity index (χ3n) is 1.65. The fraction of sp³-hybridized carbons (Fsp3) is 0.444. The van der Waals surface area contributed by atoms with E-state index in [4.69, 9.17) is 15.7 Å². The van der Waals surface area contributed by atoms with Crippen LogP contribution in [0.4, 0.5) is 0 Å². The topological polar surface area (TPSA) is 93.6 Å². The lowest BCUT2D eigenvalue weighted by molar-refractivity contribution is 0.317. The van der Waals surface area contributed by atoms with E-state index in [1.807, 2.05) is 6.92 Å². The molecule has 1 aromatic rings. The van der Waals surface area contributed by atoms with E-state index < -0.39 is 0 Å². The van der Waals surface area contributed by atoms with Crippen LogP contribution in [0.3, 0.4) is 0 Å². The molecule has 0 amide bonds. The van der Waals surface area contributed by atoms with Crippen LogP contribution in [-0.4, -0.2) is 27.6 Å². The third kappa shape index (κ3) is 3.41. The molecule has 0 aromatic carbocycles. The van der Waals surface area contributed by atoms with Gasteiger partial charge in [0.2, 0.25) is 5.88 Å². The van der Waals surface area contributed by atoms with Gasteiger partial charge in [0.1, 0.15) is 11.7 Å². The van der Waals surface area contributed by atoms with Crippen molar-refractivity contribution in [3.8, 4) is 5.88 Å². The van der Waals surface area contributed by atoms with Gasteiger partial charge in [-0.1, -0.05) is 5.16 Å². The first-order valence-corrected chi connectivity index (χ1v) is 4.59. The summed E-state index contributed by atoms with van der Waals surface area (Å²) in [5.41, 5.74) is 6.05. The van der Waals surface area contributed by atoms with Gasteiger partial charge in [-0.3, -0.25) is 0 Å². The van der Waals surface area contributed by atoms with Crippen molar-refractivity contribution < 1.29 is 9.94 Å². The number of aryl methyl sites for hydroxylation is 1. The Balaban J connectivity index is 2.88. The van der Waals surface area contributed by atoms with Gasteiger partial charge in [0.15, 0.2) is 0 Å². The van der Waals surface area contributed by atoms with Gasteiger partial charge >= 0.3 is 0 Å². The minimum absolute atomic E-state index is 0.107. The van der Waals surface area contributed by atoms with Gasteiger partial charge in [-0.15, -0.1) is 0 Å². The minimum Gasteiger partial charge on any atom is -0.478 e. The van der Waals surface area contributed by atoms with E-state index in [-0.39, 0.29) is 12.3 Å². The summed E-state index contributed by atoms with van der Waals surface area (Å²) >= 11 is 0. The molecular formula is C9H14N4O2. The highest BCUT2D eigenvalue weighted by atomic mass is 16.5. The normalized spacial score (nSPS) is 11.5. The molecule has 0 radical (unpaired) electrons. The van der Waals surface area contributed by atoms with Gasteiger partial charge in [-0.2, -0.15) is 4.98 Å². The standard InChI is InChI=1S/C9H14N4O2/c1-3-15-9-5-7(4-8(10)13-14)11-6(2)12-9/h5,14H,3-4H2,1-2H3,(H2,10,13). The van der Waals surface area contributed by atoms with Gasteiger partial charge in [-0.05, 0) is 13.8 Å². The summed E-state index contributed by atoms with van der Waals surface area (Å²) in [5.74, 6) is 1.21. The molecule has 0 atom stereocenters. The molecule has 0 aliphatic rings. The monoisotopic (exact) mass is 210 g/mol. The maximum atomic E-state index is 8.43. The second kappa shape index (κ2) is 5.14. The molecule has 0 aliphatic carbocycles. The lowest BCUT2D eigenvalue weighted by Gasteiger charge is -2.05. The average Bonchev–Trinajstić information content (AvgIpc) is 2.17. The van der Waals surface area contributed by atoms with Crippen LogP contribution in [0.2, 0.25) is 0 Å². The van der Waals surface area contributed by atoms with Crippen molar-refractivity contribution >= 4 is 5.84 Å². The summed E-state index contributed by atoms with van der Waals surface area (Å²) in [6, 6.07) is 1.68. The van der Waals surface area contributed by atoms with Crippen molar-refractivity contribution in [2.45, 2.75) is 20.3 Å². The van der Waals surface area contributed by atoms with Gasteiger partial charge in [-0.25, -0.2) is 4.98 Å². The summed E-state index contributed by atoms with van der Waals surface area (Å²) in [7, 11) is 0. The maximum absolute atomic E-state index is 8.43. The Morgan fingerprint density at radius 2 is 2.33 bits per heavy atom. The van der Waals surface area contributed by atoms with E-state index in [9.17, 15) is 0 Å². The summed E-state index contributed by atoms with van der Waals surface area (Å²) in [5, 5.41) is 11.3. The zero-order valence-corrected chi connectivity index (χ0v) is 8.77. The lowest BCUT2D eigenvalue weighted by atomic mass is 10.3. The highest BCUT2D eigenvalue weighted by Gasteiger charge is 2.04. The zero-order chi connectivity index (χ0) is 11.3. The molecule has 0 spiro atoms. The number of rotatable bonds is 4. The van der Waals surface area contributed by atoms with Crippen molar-refractivity contribution in [1.82, 2.24) is 9.97 Å². The molecule has 1 rings (SSSR count). The molecule has 6 heteroatoms. The maximum Gasteiger partial charge on any atom is 0.216 e. The van der Waals surface area contributed by atoms with E-state index in [0.29, 0.717) is 24.0 Å². The second-order valence-electron chi connectivity index (χ2n) is 2.95. The molecule has 82 valence electrons. The number of nitrogens with zero attached hydrogens (tertiary/aromatic N) is 3. The van der Waals surface area contributed by atoms with Crippen LogP contribution in [0.25, 0.3) is 0 Å². The first kappa shape index (κ1) is 11.2. The van der Waals surface area contributed by atoms with Gasteiger partial charge < -0.3 is 15.7 Å². The Labute approximate surface area is 87.8 Å². The number of aromatic nitrogens is 2. The molecular weight excluding hydrogens is 196 g/mol. The van der Waals surface area contributed by atoms with Gasteiger partial charge in [0, 0.05) is 6.07 Å². The molecule has 0 saturated heterocycles. The Hall–Kier alpha value is -1.85. The minimum atomic E-state index is 0.107. The molecule has 0 fully saturated rings. The van der Waals surface area contributed by atoms with Crippen LogP contribution in [0.5, 0.6) is 5.88 Å². The number of amidine groups is 1. The van der Waals surface area contributed by atoms with Crippen molar-refractivity contribution in [2.75, 3.05) is 6.61 Å². The molecule has 15 heavy (non-hydrogen) atoms. The van der Waals surface area contributed by atoms with E-state index in [1.165, 1.54) is 0 Å². The van der Waals surface area contributed by atoms with Crippen molar-refractivity contribution in [2.24, 2.45) is 10.9 Å². The van der Waals surface area contributed by atoms with E-state index in [0.717, 1.165) is 0 Å². The molecule has 1 aromatic heterocycles. The molecule has 0 saturated carbocycles. The molecule has 6 nitrogen and oxygen atoms in total. The summed E-state index contributed by atoms with van der Waals surface area (Å²) in [4.78, 5) is 8.22. The van der Waals surface area contributed by atoms with E-state index in [1.54, 1.807) is 13.0 Å². The van der Waals surface area contributed by atoms with Crippen LogP contribution in [0, 0.1) is 6.92 Å². The third-order valence-corrected chi connectivity index (χ3v) is 1.65. The molecule has 0 unspecified atom stereocenters. The predicted octanol–water partition coefficient (Wildman–Crippen LogP) is 0.473. The van der Waals surface area contributed by atoms with E-state index in [2.05, 4.69) is 15.1 Å². The van der Waals surface area contributed by atoms with Crippen LogP contribution in [-0.2, 0) is 6.42 Å². The Morgan fingerprint density at radius 1 is 1.60 bits per heavy atom. The molecule has 1 heterocycles. The number of nitrogens with two attached hydrogens (primary N) is 1. The largest absolute Gasteiger partial charge is 0.478 e. The number of oxime groups is 1. The summed E-state index contributed by atoms with van der Waals surface area (Å²) in [6.45, 7) is 4.18. The number of ether oxygens (including phenoxy) is 1. The Morgan fingerprint density at radius 3 is 2.93 bits per heavy atom. The van der Waals surface area contributed by atoms with Crippen LogP contribution < -0.4 is 10.5 Å². The quantitative estimate of drug-likeness (QED) is 0.326. The molecule has 0 aliphatic heterocycles. The van der Waals surface area contributed by atoms with Crippen molar-refractivity contribution in [1.29, 1.82) is 0 Å². The SMILES string of the molecule is CCOc1cc(C/C(N)=N/O)nc(C)n1. The first-order chi connectivity index (χ1) is 7.15. The Bertz CT molecular complexity index is 365. The average molecular weight is 210 g/mol. The van der Waals surface area contributed by atoms with Crippen molar-refractivity contribution in [3.05, 3.63) is 17.6 Å². The van der Waals surface area contributed by atoms with Gasteiger partial charge in [0.25, 0.3) is 0 Å². The number of hydrogen-bond acceptors (Lipinski definition) is 5. The second-order valence-corrected chi connectivity index (χ2v) is 2.95. The fourth-order valence-electron chi connectivity index (χ4n) is 1.13. The number of hydrogen-bond donors (Lipinski definition) is 2. The summed E-state index contributed by atoms with van der Waals surface area (Å²) < 4.78 is 5.25. The highest BCUT2D eigenvalue weighted by molar-refractivity contribution is 5.81. The highest BCUT2D eigenvalue weighted by Crippen LogP contribution is 2.09. The van der Waals surface area contributed by atoms with Crippen molar-refractivity contribution in [3.63, 3.8) is 0 Å². The fourth-order valence-corrected chi connectivity index (χ4v) is 1.13. The zero-order valence-electron chi connectivity index (χ0n) is 8.77. The van der Waals surface area contributed by atoms with E-state index >= 15 is 0 Å². The predicted molar refractivity (Wildman–Crippen MR) is 55.1 cm³/mol. The van der Waals surface area contributed by atoms with Crippen LogP contribution in [0.15, 0.2) is 11.2 Å². The lowest BCUT2D eigenvalue weighted by Crippen LogP contribution is -2.16. The molecule has 0 bridgehead atoms. The first-order valence-electron chi connectivity index (χ1n) is 4.59. The van der Waals surface area contributed by atoms with Gasteiger partial charge in [0.05, 0.1) is 18.7 Å². The Kier molecular flexibility index (Phi) is 3.84.